The third kappa shape index (κ3) is 5.14. The molecule has 1 aromatic heterocycles. The van der Waals surface area contributed by atoms with E-state index in [0.717, 1.165) is 12.1 Å². The largest absolute Gasteiger partial charge is 0.481 e. The van der Waals surface area contributed by atoms with Crippen LogP contribution in [0, 0.1) is 0 Å². The predicted octanol–water partition coefficient (Wildman–Crippen LogP) is 1.09. The van der Waals surface area contributed by atoms with Crippen LogP contribution < -0.4 is 15.4 Å². The van der Waals surface area contributed by atoms with E-state index in [9.17, 15) is 4.79 Å². The first-order chi connectivity index (χ1) is 8.65. The van der Waals surface area contributed by atoms with Crippen molar-refractivity contribution in [3.63, 3.8) is 0 Å². The van der Waals surface area contributed by atoms with Crippen molar-refractivity contribution in [3.8, 4) is 5.88 Å². The highest BCUT2D eigenvalue weighted by molar-refractivity contribution is 5.76. The van der Waals surface area contributed by atoms with Crippen LogP contribution in [0.2, 0.25) is 0 Å². The lowest BCUT2D eigenvalue weighted by Gasteiger charge is -2.12. The normalized spacial score (nSPS) is 11.9. The van der Waals surface area contributed by atoms with E-state index >= 15 is 0 Å². The number of amides is 1. The molecule has 0 fully saturated rings. The highest BCUT2D eigenvalue weighted by atomic mass is 16.5. The van der Waals surface area contributed by atoms with Gasteiger partial charge in [-0.15, -0.1) is 0 Å². The molecule has 1 aromatic rings. The summed E-state index contributed by atoms with van der Waals surface area (Å²) in [5.74, 6) is 0.599. The molecule has 0 saturated heterocycles. The molecule has 100 valence electrons. The Bertz CT molecular complexity index is 382. The second-order valence-corrected chi connectivity index (χ2v) is 4.15. The molecule has 0 spiro atoms. The quantitative estimate of drug-likeness (QED) is 0.761. The number of pyridine rings is 1. The molecule has 5 heteroatoms. The molecular formula is C13H21N3O2. The summed E-state index contributed by atoms with van der Waals surface area (Å²) in [4.78, 5) is 15.7. The first kappa shape index (κ1) is 14.4. The van der Waals surface area contributed by atoms with Gasteiger partial charge in [0.05, 0.1) is 7.11 Å². The van der Waals surface area contributed by atoms with Crippen LogP contribution in [0.5, 0.6) is 5.88 Å². The van der Waals surface area contributed by atoms with Crippen LogP contribution in [0.25, 0.3) is 0 Å². The van der Waals surface area contributed by atoms with Crippen LogP contribution in [0.1, 0.15) is 25.8 Å². The van der Waals surface area contributed by atoms with Crippen LogP contribution in [0.3, 0.4) is 0 Å². The molecule has 0 bridgehead atoms. The number of carbonyl (C=O) groups excluding carboxylic acids is 1. The Labute approximate surface area is 108 Å². The van der Waals surface area contributed by atoms with Crippen molar-refractivity contribution in [2.24, 2.45) is 0 Å². The van der Waals surface area contributed by atoms with Crippen LogP contribution in [0.4, 0.5) is 0 Å². The fourth-order valence-corrected chi connectivity index (χ4v) is 1.64. The Morgan fingerprint density at radius 2 is 2.33 bits per heavy atom. The van der Waals surface area contributed by atoms with Gasteiger partial charge in [-0.05, 0) is 25.1 Å². The molecule has 0 aliphatic carbocycles. The van der Waals surface area contributed by atoms with Gasteiger partial charge in [-0.2, -0.15) is 0 Å². The molecule has 1 unspecified atom stereocenters. The zero-order valence-electron chi connectivity index (χ0n) is 11.2. The summed E-state index contributed by atoms with van der Waals surface area (Å²) in [6.07, 6.45) is 2.15. The van der Waals surface area contributed by atoms with Crippen LogP contribution >= 0.6 is 0 Å². The van der Waals surface area contributed by atoms with Crippen molar-refractivity contribution in [3.05, 3.63) is 23.9 Å². The number of carbonyl (C=O) groups is 1. The van der Waals surface area contributed by atoms with Gasteiger partial charge in [-0.1, -0.05) is 6.92 Å². The van der Waals surface area contributed by atoms with Gasteiger partial charge in [0.1, 0.15) is 0 Å². The van der Waals surface area contributed by atoms with Crippen molar-refractivity contribution in [2.75, 3.05) is 13.7 Å². The molecule has 0 radical (unpaired) electrons. The topological polar surface area (TPSA) is 63.2 Å². The fourth-order valence-electron chi connectivity index (χ4n) is 1.64. The van der Waals surface area contributed by atoms with Crippen molar-refractivity contribution in [2.45, 2.75) is 32.9 Å². The lowest BCUT2D eigenvalue weighted by Crippen LogP contribution is -2.33. The second kappa shape index (κ2) is 7.66. The molecule has 0 saturated carbocycles. The minimum Gasteiger partial charge on any atom is -0.481 e. The van der Waals surface area contributed by atoms with Crippen molar-refractivity contribution < 1.29 is 9.53 Å². The molecule has 0 aliphatic heterocycles. The Balaban J connectivity index is 2.37. The van der Waals surface area contributed by atoms with E-state index in [1.165, 1.54) is 0 Å². The van der Waals surface area contributed by atoms with Gasteiger partial charge in [0.25, 0.3) is 0 Å². The van der Waals surface area contributed by atoms with E-state index in [1.807, 2.05) is 26.0 Å². The highest BCUT2D eigenvalue weighted by Gasteiger charge is 2.07. The van der Waals surface area contributed by atoms with Crippen LogP contribution in [-0.4, -0.2) is 30.6 Å². The summed E-state index contributed by atoms with van der Waals surface area (Å²) in [6.45, 7) is 5.39. The van der Waals surface area contributed by atoms with E-state index in [2.05, 4.69) is 15.6 Å². The molecule has 18 heavy (non-hydrogen) atoms. The molecule has 1 amide bonds. The summed E-state index contributed by atoms with van der Waals surface area (Å²) in [7, 11) is 1.57. The molecule has 1 atom stereocenters. The monoisotopic (exact) mass is 251 g/mol. The summed E-state index contributed by atoms with van der Waals surface area (Å²) in [5.41, 5.74) is 0.978. The zero-order valence-corrected chi connectivity index (χ0v) is 11.2. The first-order valence-corrected chi connectivity index (χ1v) is 6.14. The molecule has 0 aliphatic rings. The molecule has 0 aromatic carbocycles. The molecule has 5 nitrogen and oxygen atoms in total. The maximum atomic E-state index is 11.7. The van der Waals surface area contributed by atoms with Gasteiger partial charge in [-0.25, -0.2) is 4.98 Å². The van der Waals surface area contributed by atoms with E-state index < -0.39 is 0 Å². The average molecular weight is 251 g/mol. The van der Waals surface area contributed by atoms with Crippen molar-refractivity contribution in [1.82, 2.24) is 15.6 Å². The molecule has 2 N–H and O–H groups in total. The molecule has 1 rings (SSSR count). The minimum absolute atomic E-state index is 0.0410. The van der Waals surface area contributed by atoms with Crippen LogP contribution in [0.15, 0.2) is 18.3 Å². The van der Waals surface area contributed by atoms with Crippen LogP contribution in [-0.2, 0) is 11.3 Å². The third-order valence-electron chi connectivity index (χ3n) is 2.54. The predicted molar refractivity (Wildman–Crippen MR) is 70.4 cm³/mol. The summed E-state index contributed by atoms with van der Waals surface area (Å²) in [6, 6.07) is 3.87. The summed E-state index contributed by atoms with van der Waals surface area (Å²) in [5, 5.41) is 6.08. The summed E-state index contributed by atoms with van der Waals surface area (Å²) >= 11 is 0. The second-order valence-electron chi connectivity index (χ2n) is 4.15. The van der Waals surface area contributed by atoms with Gasteiger partial charge < -0.3 is 15.4 Å². The smallest absolute Gasteiger partial charge is 0.221 e. The number of nitrogens with one attached hydrogen (secondary N) is 2. The number of rotatable bonds is 7. The maximum Gasteiger partial charge on any atom is 0.221 e. The van der Waals surface area contributed by atoms with Gasteiger partial charge in [0.2, 0.25) is 11.8 Å². The Hall–Kier alpha value is -1.62. The van der Waals surface area contributed by atoms with Crippen molar-refractivity contribution in [1.29, 1.82) is 0 Å². The molecule has 1 heterocycles. The standard InChI is InChI=1S/C13H21N3O2/c1-4-14-10(2)7-12(17)16-9-11-5-6-15-13(8-11)18-3/h5-6,8,10,14H,4,7,9H2,1-3H3,(H,16,17). The van der Waals surface area contributed by atoms with Gasteiger partial charge in [-0.3, -0.25) is 4.79 Å². The Morgan fingerprint density at radius 3 is 3.00 bits per heavy atom. The van der Waals surface area contributed by atoms with E-state index in [-0.39, 0.29) is 11.9 Å². The molecular weight excluding hydrogens is 230 g/mol. The van der Waals surface area contributed by atoms with Gasteiger partial charge >= 0.3 is 0 Å². The lowest BCUT2D eigenvalue weighted by atomic mass is 10.2. The number of hydrogen-bond acceptors (Lipinski definition) is 4. The summed E-state index contributed by atoms with van der Waals surface area (Å²) < 4.78 is 5.02. The van der Waals surface area contributed by atoms with E-state index in [1.54, 1.807) is 13.3 Å². The van der Waals surface area contributed by atoms with E-state index in [0.29, 0.717) is 18.8 Å². The van der Waals surface area contributed by atoms with Crippen molar-refractivity contribution >= 4 is 5.91 Å². The third-order valence-corrected chi connectivity index (χ3v) is 2.54. The van der Waals surface area contributed by atoms with E-state index in [4.69, 9.17) is 4.74 Å². The number of aromatic nitrogens is 1. The number of hydrogen-bond donors (Lipinski definition) is 2. The van der Waals surface area contributed by atoms with Gasteiger partial charge in [0.15, 0.2) is 0 Å². The Morgan fingerprint density at radius 1 is 1.56 bits per heavy atom. The lowest BCUT2D eigenvalue weighted by molar-refractivity contribution is -0.121. The number of ether oxygens (including phenoxy) is 1. The highest BCUT2D eigenvalue weighted by Crippen LogP contribution is 2.08. The SMILES string of the molecule is CCNC(C)CC(=O)NCc1ccnc(OC)c1. The minimum atomic E-state index is 0.0410. The van der Waals surface area contributed by atoms with Gasteiger partial charge in [0, 0.05) is 31.3 Å². The fraction of sp³-hybridized carbons (Fsp3) is 0.538. The number of nitrogens with zero attached hydrogens (tertiary/aromatic N) is 1. The number of methoxy groups -OCH3 is 1. The zero-order chi connectivity index (χ0) is 13.4. The Kier molecular flexibility index (Phi) is 6.14. The first-order valence-electron chi connectivity index (χ1n) is 6.14. The average Bonchev–Trinajstić information content (AvgIpc) is 2.37. The maximum absolute atomic E-state index is 11.7.